The van der Waals surface area contributed by atoms with Crippen molar-refractivity contribution < 1.29 is 4.79 Å². The summed E-state index contributed by atoms with van der Waals surface area (Å²) in [6.45, 7) is 12.1. The number of nitrogens with one attached hydrogen (secondary N) is 2. The summed E-state index contributed by atoms with van der Waals surface area (Å²) in [6, 6.07) is 19.5. The Labute approximate surface area is 376 Å². The zero-order valence-corrected chi connectivity index (χ0v) is 37.6. The molecular weight excluding hydrogens is 838 g/mol. The van der Waals surface area contributed by atoms with Crippen LogP contribution in [0.4, 0.5) is 23.3 Å². The number of aryl methyl sites for hydroxylation is 1. The highest BCUT2D eigenvalue weighted by Gasteiger charge is 2.19. The summed E-state index contributed by atoms with van der Waals surface area (Å²) in [5.41, 5.74) is 13.7. The standard InChI is InChI=1S/C27H31ClN8O.C18H20ClN7/c1-27(2,3)36-15-20(14-31-36)24(37)8-7-18-5-6-19(11-22(18)28)23-13-25(30-17-29-23)32-26-12-21-16-34(4)9-10-35(21)33-26;1-25-4-5-26-14(10-25)7-18(24-26)23-17-8-16(21-11-22-17)12-2-3-13(9-20)15(19)6-12/h5-6,11-15,17H,7-10,16H2,1-4H3,(H,29,30,32,33);2-3,6-8,11H,4-5,9-10,20H2,1H3,(H,21,22,23,24). The van der Waals surface area contributed by atoms with Crippen molar-refractivity contribution in [2.75, 3.05) is 37.8 Å². The number of ketones is 1. The molecule has 0 bridgehead atoms. The maximum atomic E-state index is 12.7. The fraction of sp³-hybridized carbons (Fsp3) is 0.333. The second-order valence-corrected chi connectivity index (χ2v) is 17.7. The molecule has 7 heterocycles. The van der Waals surface area contributed by atoms with Crippen molar-refractivity contribution in [3.05, 3.63) is 124 Å². The molecule has 0 atom stereocenters. The predicted octanol–water partition coefficient (Wildman–Crippen LogP) is 7.59. The zero-order chi connectivity index (χ0) is 44.3. The molecule has 0 saturated carbocycles. The molecule has 326 valence electrons. The highest BCUT2D eigenvalue weighted by molar-refractivity contribution is 6.32. The van der Waals surface area contributed by atoms with Crippen molar-refractivity contribution in [2.45, 2.75) is 71.9 Å². The molecular formula is C45H51Cl2N15O. The van der Waals surface area contributed by atoms with E-state index in [9.17, 15) is 4.79 Å². The largest absolute Gasteiger partial charge is 0.326 e. The van der Waals surface area contributed by atoms with Gasteiger partial charge in [0.05, 0.1) is 53.2 Å². The number of rotatable bonds is 11. The lowest BCUT2D eigenvalue weighted by atomic mass is 10.0. The molecule has 0 aliphatic carbocycles. The smallest absolute Gasteiger partial charge is 0.166 e. The van der Waals surface area contributed by atoms with E-state index in [0.29, 0.717) is 46.6 Å². The average molecular weight is 889 g/mol. The minimum absolute atomic E-state index is 0.0507. The fourth-order valence-corrected chi connectivity index (χ4v) is 7.89. The Morgan fingerprint density at radius 2 is 1.22 bits per heavy atom. The van der Waals surface area contributed by atoms with Crippen LogP contribution in [0.15, 0.2) is 85.7 Å². The highest BCUT2D eigenvalue weighted by Crippen LogP contribution is 2.29. The molecule has 7 aromatic rings. The van der Waals surface area contributed by atoms with Gasteiger partial charge >= 0.3 is 0 Å². The van der Waals surface area contributed by atoms with Crippen LogP contribution in [0.1, 0.15) is 60.1 Å². The number of benzene rings is 2. The van der Waals surface area contributed by atoms with Gasteiger partial charge in [-0.15, -0.1) is 0 Å². The third kappa shape index (κ3) is 10.6. The molecule has 0 saturated heterocycles. The summed E-state index contributed by atoms with van der Waals surface area (Å²) >= 11 is 12.9. The maximum Gasteiger partial charge on any atom is 0.166 e. The van der Waals surface area contributed by atoms with Crippen molar-refractivity contribution in [3.63, 3.8) is 0 Å². The zero-order valence-electron chi connectivity index (χ0n) is 36.1. The van der Waals surface area contributed by atoms with Crippen LogP contribution in [0.3, 0.4) is 0 Å². The Morgan fingerprint density at radius 3 is 1.70 bits per heavy atom. The topological polar surface area (TPSA) is 179 Å². The van der Waals surface area contributed by atoms with E-state index in [0.717, 1.165) is 84.5 Å². The number of anilines is 4. The lowest BCUT2D eigenvalue weighted by molar-refractivity contribution is 0.0982. The van der Waals surface area contributed by atoms with E-state index in [2.05, 4.69) is 103 Å². The Balaban J connectivity index is 0.000000184. The van der Waals surface area contributed by atoms with Gasteiger partial charge < -0.3 is 16.4 Å². The van der Waals surface area contributed by atoms with Gasteiger partial charge in [-0.25, -0.2) is 19.9 Å². The highest BCUT2D eigenvalue weighted by atomic mass is 35.5. The molecule has 2 aromatic carbocycles. The molecule has 5 aromatic heterocycles. The summed E-state index contributed by atoms with van der Waals surface area (Å²) in [6.07, 6.45) is 7.42. The summed E-state index contributed by atoms with van der Waals surface area (Å²) in [5.74, 6) is 2.96. The maximum absolute atomic E-state index is 12.7. The van der Waals surface area contributed by atoms with Crippen LogP contribution in [0.5, 0.6) is 0 Å². The van der Waals surface area contributed by atoms with Crippen molar-refractivity contribution in [3.8, 4) is 22.5 Å². The molecule has 0 amide bonds. The molecule has 4 N–H and O–H groups in total. The van der Waals surface area contributed by atoms with Gasteiger partial charge in [-0.1, -0.05) is 47.5 Å². The Hall–Kier alpha value is -6.04. The number of halogens is 2. The number of hydrogen-bond acceptors (Lipinski definition) is 13. The molecule has 18 heteroatoms. The van der Waals surface area contributed by atoms with Crippen molar-refractivity contribution in [1.29, 1.82) is 0 Å². The van der Waals surface area contributed by atoms with Gasteiger partial charge in [-0.3, -0.25) is 28.6 Å². The second kappa shape index (κ2) is 18.7. The van der Waals surface area contributed by atoms with E-state index < -0.39 is 0 Å². The third-order valence-electron chi connectivity index (χ3n) is 11.0. The molecule has 2 aliphatic rings. The second-order valence-electron chi connectivity index (χ2n) is 16.9. The number of likely N-dealkylation sites (N-methyl/N-ethyl adjacent to an activating group) is 2. The van der Waals surface area contributed by atoms with Crippen LogP contribution < -0.4 is 16.4 Å². The van der Waals surface area contributed by atoms with E-state index in [1.54, 1.807) is 6.20 Å². The number of carbonyl (C=O) groups is 1. The molecule has 0 spiro atoms. The Kier molecular flexibility index (Phi) is 13.0. The molecule has 9 rings (SSSR count). The summed E-state index contributed by atoms with van der Waals surface area (Å²) in [5, 5.41) is 21.4. The van der Waals surface area contributed by atoms with E-state index in [4.69, 9.17) is 28.9 Å². The number of nitrogens with two attached hydrogens (primary N) is 1. The molecule has 0 unspecified atom stereocenters. The Morgan fingerprint density at radius 1 is 0.698 bits per heavy atom. The summed E-state index contributed by atoms with van der Waals surface area (Å²) in [7, 11) is 4.22. The van der Waals surface area contributed by atoms with Crippen molar-refractivity contribution in [1.82, 2.24) is 59.1 Å². The van der Waals surface area contributed by atoms with Gasteiger partial charge in [0.1, 0.15) is 24.3 Å². The molecule has 0 radical (unpaired) electrons. The fourth-order valence-electron chi connectivity index (χ4n) is 7.35. The lowest BCUT2D eigenvalue weighted by Crippen LogP contribution is -2.30. The van der Waals surface area contributed by atoms with Gasteiger partial charge in [0.2, 0.25) is 0 Å². The number of aromatic nitrogens is 10. The summed E-state index contributed by atoms with van der Waals surface area (Å²) in [4.78, 5) is 34.7. The van der Waals surface area contributed by atoms with Gasteiger partial charge in [0, 0.05) is 90.8 Å². The van der Waals surface area contributed by atoms with E-state index in [-0.39, 0.29) is 11.3 Å². The quantitative estimate of drug-likeness (QED) is 0.108. The van der Waals surface area contributed by atoms with Gasteiger partial charge in [-0.05, 0) is 64.5 Å². The monoisotopic (exact) mass is 887 g/mol. The normalized spacial score (nSPS) is 14.1. The van der Waals surface area contributed by atoms with E-state index in [1.807, 2.05) is 68.8 Å². The Bertz CT molecular complexity index is 2740. The number of nitrogens with zero attached hydrogens (tertiary/aromatic N) is 12. The first kappa shape index (κ1) is 43.6. The minimum Gasteiger partial charge on any atom is -0.326 e. The van der Waals surface area contributed by atoms with Crippen LogP contribution in [0, 0.1) is 0 Å². The molecule has 16 nitrogen and oxygen atoms in total. The van der Waals surface area contributed by atoms with Crippen LogP contribution >= 0.6 is 23.2 Å². The molecule has 63 heavy (non-hydrogen) atoms. The van der Waals surface area contributed by atoms with Crippen molar-refractivity contribution >= 4 is 52.3 Å². The van der Waals surface area contributed by atoms with Crippen LogP contribution in [-0.2, 0) is 44.7 Å². The van der Waals surface area contributed by atoms with Crippen LogP contribution in [0.2, 0.25) is 10.0 Å². The average Bonchev–Trinajstić information content (AvgIpc) is 4.02. The number of fused-ring (bicyclic) bond motifs is 2. The first-order chi connectivity index (χ1) is 30.3. The van der Waals surface area contributed by atoms with E-state index in [1.165, 1.54) is 24.0 Å². The minimum atomic E-state index is -0.164. The van der Waals surface area contributed by atoms with Gasteiger partial charge in [0.25, 0.3) is 0 Å². The summed E-state index contributed by atoms with van der Waals surface area (Å²) < 4.78 is 5.88. The third-order valence-corrected chi connectivity index (χ3v) is 11.7. The number of carbonyl (C=O) groups excluding carboxylic acids is 1. The predicted molar refractivity (Wildman–Crippen MR) is 246 cm³/mol. The molecule has 0 fully saturated rings. The number of hydrogen-bond donors (Lipinski definition) is 3. The first-order valence-corrected chi connectivity index (χ1v) is 21.6. The van der Waals surface area contributed by atoms with E-state index >= 15 is 0 Å². The van der Waals surface area contributed by atoms with Gasteiger partial charge in [-0.2, -0.15) is 15.3 Å². The molecule has 2 aliphatic heterocycles. The van der Waals surface area contributed by atoms with Gasteiger partial charge in [0.15, 0.2) is 17.4 Å². The number of Topliss-reactive ketones (excluding diaryl/α,β-unsaturated/α-hetero) is 1. The SMILES string of the molecule is CN1CCn2nc(Nc3cc(-c4ccc(CCC(=O)c5cnn(C(C)(C)C)c5)c(Cl)c4)ncn3)cc2C1.CN1CCn2nc(Nc3cc(-c4ccc(CN)c(Cl)c4)ncn3)cc2C1. The first-order valence-electron chi connectivity index (χ1n) is 20.8. The van der Waals surface area contributed by atoms with Crippen LogP contribution in [-0.4, -0.2) is 92.0 Å². The van der Waals surface area contributed by atoms with Crippen molar-refractivity contribution in [2.24, 2.45) is 5.73 Å². The lowest BCUT2D eigenvalue weighted by Gasteiger charge is -2.22. The van der Waals surface area contributed by atoms with Crippen LogP contribution in [0.25, 0.3) is 22.5 Å².